The predicted molar refractivity (Wildman–Crippen MR) is 84.6 cm³/mol. The molecule has 0 atom stereocenters. The molecule has 0 saturated heterocycles. The molecule has 110 valence electrons. The van der Waals surface area contributed by atoms with Crippen LogP contribution in [0.1, 0.15) is 17.3 Å². The van der Waals surface area contributed by atoms with Crippen molar-refractivity contribution in [2.75, 3.05) is 17.2 Å². The first kappa shape index (κ1) is 15.6. The van der Waals surface area contributed by atoms with Crippen molar-refractivity contribution < 1.29 is 9.18 Å². The molecule has 0 fully saturated rings. The quantitative estimate of drug-likeness (QED) is 0.850. The summed E-state index contributed by atoms with van der Waals surface area (Å²) in [6, 6.07) is 8.59. The minimum absolute atomic E-state index is 0.149. The molecule has 0 heterocycles. The van der Waals surface area contributed by atoms with E-state index in [9.17, 15) is 9.18 Å². The Hall–Kier alpha value is -1.78. The summed E-state index contributed by atoms with van der Waals surface area (Å²) >= 11 is 12.0. The van der Waals surface area contributed by atoms with Crippen LogP contribution < -0.4 is 10.6 Å². The maximum atomic E-state index is 13.0. The number of hydrogen-bond acceptors (Lipinski definition) is 2. The molecule has 21 heavy (non-hydrogen) atoms. The Morgan fingerprint density at radius 2 is 1.86 bits per heavy atom. The van der Waals surface area contributed by atoms with Gasteiger partial charge in [-0.3, -0.25) is 4.79 Å². The van der Waals surface area contributed by atoms with Gasteiger partial charge in [-0.25, -0.2) is 4.39 Å². The summed E-state index contributed by atoms with van der Waals surface area (Å²) < 4.78 is 13.0. The van der Waals surface area contributed by atoms with Crippen molar-refractivity contribution in [3.63, 3.8) is 0 Å². The van der Waals surface area contributed by atoms with Gasteiger partial charge in [-0.2, -0.15) is 0 Å². The van der Waals surface area contributed by atoms with Crippen LogP contribution in [0.4, 0.5) is 15.8 Å². The van der Waals surface area contributed by atoms with Crippen LogP contribution in [0.2, 0.25) is 10.0 Å². The molecule has 2 rings (SSSR count). The van der Waals surface area contributed by atoms with E-state index in [1.807, 2.05) is 6.92 Å². The lowest BCUT2D eigenvalue weighted by Gasteiger charge is -2.22. The van der Waals surface area contributed by atoms with E-state index in [2.05, 4.69) is 0 Å². The summed E-state index contributed by atoms with van der Waals surface area (Å²) in [7, 11) is 0. The number of benzene rings is 2. The Morgan fingerprint density at radius 3 is 2.43 bits per heavy atom. The number of carbonyl (C=O) groups excluding carboxylic acids is 1. The van der Waals surface area contributed by atoms with Crippen molar-refractivity contribution in [3.8, 4) is 0 Å². The zero-order chi connectivity index (χ0) is 15.6. The van der Waals surface area contributed by atoms with Crippen LogP contribution in [-0.4, -0.2) is 12.5 Å². The second kappa shape index (κ2) is 6.33. The van der Waals surface area contributed by atoms with Crippen molar-refractivity contribution >= 4 is 40.5 Å². The molecule has 2 aromatic carbocycles. The largest absolute Gasteiger partial charge is 0.399 e. The van der Waals surface area contributed by atoms with Crippen molar-refractivity contribution in [1.82, 2.24) is 0 Å². The highest BCUT2D eigenvalue weighted by atomic mass is 35.5. The summed E-state index contributed by atoms with van der Waals surface area (Å²) in [6.45, 7) is 2.20. The van der Waals surface area contributed by atoms with Crippen molar-refractivity contribution in [2.24, 2.45) is 0 Å². The Morgan fingerprint density at radius 1 is 1.24 bits per heavy atom. The highest BCUT2D eigenvalue weighted by molar-refractivity contribution is 6.44. The Bertz CT molecular complexity index is 674. The van der Waals surface area contributed by atoms with Gasteiger partial charge in [-0.05, 0) is 43.3 Å². The molecule has 0 aliphatic carbocycles. The van der Waals surface area contributed by atoms with E-state index in [4.69, 9.17) is 28.9 Å². The maximum Gasteiger partial charge on any atom is 0.259 e. The molecule has 0 spiro atoms. The molecular formula is C15H13Cl2FN2O. The van der Waals surface area contributed by atoms with Gasteiger partial charge in [-0.15, -0.1) is 0 Å². The lowest BCUT2D eigenvalue weighted by atomic mass is 10.1. The molecule has 0 radical (unpaired) electrons. The van der Waals surface area contributed by atoms with Gasteiger partial charge in [-0.1, -0.05) is 23.2 Å². The average Bonchev–Trinajstić information content (AvgIpc) is 2.45. The number of hydrogen-bond donors (Lipinski definition) is 1. The molecule has 2 N–H and O–H groups in total. The van der Waals surface area contributed by atoms with E-state index in [1.54, 1.807) is 0 Å². The van der Waals surface area contributed by atoms with Crippen LogP contribution in [0.25, 0.3) is 0 Å². The Labute approximate surface area is 132 Å². The normalized spacial score (nSPS) is 10.5. The van der Waals surface area contributed by atoms with Crippen LogP contribution in [0.15, 0.2) is 36.4 Å². The number of halogens is 3. The summed E-state index contributed by atoms with van der Waals surface area (Å²) in [5, 5.41) is 0.367. The highest BCUT2D eigenvalue weighted by Gasteiger charge is 2.20. The van der Waals surface area contributed by atoms with Crippen molar-refractivity contribution in [2.45, 2.75) is 6.92 Å². The SMILES string of the molecule is CCN(C(=O)c1cc(N)cc(Cl)c1Cl)c1ccc(F)cc1. The molecule has 3 nitrogen and oxygen atoms in total. The van der Waals surface area contributed by atoms with E-state index in [1.165, 1.54) is 41.3 Å². The molecule has 0 aliphatic heterocycles. The molecule has 6 heteroatoms. The zero-order valence-corrected chi connectivity index (χ0v) is 12.7. The molecule has 1 amide bonds. The first-order valence-electron chi connectivity index (χ1n) is 6.26. The number of rotatable bonds is 3. The third-order valence-corrected chi connectivity index (χ3v) is 3.78. The number of carbonyl (C=O) groups is 1. The van der Waals surface area contributed by atoms with E-state index in [0.717, 1.165) is 0 Å². The van der Waals surface area contributed by atoms with Gasteiger partial charge < -0.3 is 10.6 Å². The fourth-order valence-electron chi connectivity index (χ4n) is 1.98. The smallest absolute Gasteiger partial charge is 0.259 e. The topological polar surface area (TPSA) is 46.3 Å². The number of nitrogens with two attached hydrogens (primary N) is 1. The number of amides is 1. The zero-order valence-electron chi connectivity index (χ0n) is 11.2. The van der Waals surface area contributed by atoms with Gasteiger partial charge in [0.25, 0.3) is 5.91 Å². The van der Waals surface area contributed by atoms with Gasteiger partial charge in [0.2, 0.25) is 0 Å². The van der Waals surface area contributed by atoms with Gasteiger partial charge >= 0.3 is 0 Å². The fourth-order valence-corrected chi connectivity index (χ4v) is 2.39. The molecule has 0 bridgehead atoms. The van der Waals surface area contributed by atoms with Gasteiger partial charge in [0.1, 0.15) is 5.82 Å². The second-order valence-corrected chi connectivity index (χ2v) is 5.18. The van der Waals surface area contributed by atoms with Crippen LogP contribution in [0, 0.1) is 5.82 Å². The lowest BCUT2D eigenvalue weighted by molar-refractivity contribution is 0.0988. The predicted octanol–water partition coefficient (Wildman–Crippen LogP) is 4.38. The summed E-state index contributed by atoms with van der Waals surface area (Å²) in [5.41, 5.74) is 6.84. The van der Waals surface area contributed by atoms with Crippen LogP contribution in [0.3, 0.4) is 0 Å². The average molecular weight is 327 g/mol. The second-order valence-electron chi connectivity index (χ2n) is 4.39. The number of anilines is 2. The minimum Gasteiger partial charge on any atom is -0.399 e. The summed E-state index contributed by atoms with van der Waals surface area (Å²) in [5.74, 6) is -0.712. The third kappa shape index (κ3) is 3.28. The van der Waals surface area contributed by atoms with Crippen molar-refractivity contribution in [3.05, 3.63) is 57.8 Å². The molecule has 0 aliphatic rings. The molecule has 0 saturated carbocycles. The van der Waals surface area contributed by atoms with E-state index in [-0.39, 0.29) is 27.3 Å². The van der Waals surface area contributed by atoms with E-state index >= 15 is 0 Å². The Balaban J connectivity index is 2.44. The molecule has 2 aromatic rings. The first-order chi connectivity index (χ1) is 9.93. The van der Waals surface area contributed by atoms with E-state index in [0.29, 0.717) is 17.9 Å². The van der Waals surface area contributed by atoms with Crippen LogP contribution in [-0.2, 0) is 0 Å². The Kier molecular flexibility index (Phi) is 4.70. The monoisotopic (exact) mass is 326 g/mol. The van der Waals surface area contributed by atoms with Gasteiger partial charge in [0.05, 0.1) is 15.6 Å². The molecule has 0 aromatic heterocycles. The van der Waals surface area contributed by atoms with Gasteiger partial charge in [0.15, 0.2) is 0 Å². The van der Waals surface area contributed by atoms with Crippen LogP contribution >= 0.6 is 23.2 Å². The number of nitrogen functional groups attached to an aromatic ring is 1. The third-order valence-electron chi connectivity index (χ3n) is 2.98. The summed E-state index contributed by atoms with van der Waals surface area (Å²) in [6.07, 6.45) is 0. The molecular weight excluding hydrogens is 314 g/mol. The fraction of sp³-hybridized carbons (Fsp3) is 0.133. The van der Waals surface area contributed by atoms with Gasteiger partial charge in [0, 0.05) is 17.9 Å². The lowest BCUT2D eigenvalue weighted by Crippen LogP contribution is -2.31. The highest BCUT2D eigenvalue weighted by Crippen LogP contribution is 2.30. The molecule has 0 unspecified atom stereocenters. The number of nitrogens with zero attached hydrogens (tertiary/aromatic N) is 1. The first-order valence-corrected chi connectivity index (χ1v) is 7.01. The standard InChI is InChI=1S/C15H13Cl2FN2O/c1-2-20(11-5-3-9(18)4-6-11)15(21)12-7-10(19)8-13(16)14(12)17/h3-8H,2,19H2,1H3. The van der Waals surface area contributed by atoms with Crippen molar-refractivity contribution in [1.29, 1.82) is 0 Å². The maximum absolute atomic E-state index is 13.0. The van der Waals surface area contributed by atoms with E-state index < -0.39 is 0 Å². The van der Waals surface area contributed by atoms with Crippen LogP contribution in [0.5, 0.6) is 0 Å². The minimum atomic E-state index is -0.368. The summed E-state index contributed by atoms with van der Waals surface area (Å²) in [4.78, 5) is 14.1.